The smallest absolute Gasteiger partial charge is 0.311 e. The predicted octanol–water partition coefficient (Wildman–Crippen LogP) is 4.07. The van der Waals surface area contributed by atoms with Gasteiger partial charge < -0.3 is 14.4 Å². The molecular weight excluding hydrogens is 356 g/mol. The van der Waals surface area contributed by atoms with Crippen molar-refractivity contribution in [2.24, 2.45) is 11.3 Å². The first-order chi connectivity index (χ1) is 13.4. The van der Waals surface area contributed by atoms with E-state index in [-0.39, 0.29) is 18.4 Å². The molecule has 144 valence electrons. The lowest BCUT2D eigenvalue weighted by atomic mass is 9.76. The van der Waals surface area contributed by atoms with Crippen molar-refractivity contribution in [3.05, 3.63) is 54.3 Å². The molecule has 1 aliphatic rings. The second-order valence-electron chi connectivity index (χ2n) is 7.64. The van der Waals surface area contributed by atoms with E-state index in [4.69, 9.17) is 4.42 Å². The van der Waals surface area contributed by atoms with Crippen LogP contribution in [0.4, 0.5) is 0 Å². The lowest BCUT2D eigenvalue weighted by Crippen LogP contribution is -2.40. The second-order valence-corrected chi connectivity index (χ2v) is 7.64. The quantitative estimate of drug-likeness (QED) is 0.740. The Bertz CT molecular complexity index is 1040. The second kappa shape index (κ2) is 6.78. The van der Waals surface area contributed by atoms with Crippen LogP contribution in [0.5, 0.6) is 0 Å². The van der Waals surface area contributed by atoms with Crippen LogP contribution in [0.15, 0.2) is 53.1 Å². The Kier molecular flexibility index (Phi) is 4.41. The van der Waals surface area contributed by atoms with Crippen molar-refractivity contribution in [2.75, 3.05) is 13.1 Å². The van der Waals surface area contributed by atoms with Gasteiger partial charge in [0.05, 0.1) is 22.8 Å². The summed E-state index contributed by atoms with van der Waals surface area (Å²) in [7, 11) is 0. The van der Waals surface area contributed by atoms with Crippen molar-refractivity contribution in [3.8, 4) is 11.5 Å². The lowest BCUT2D eigenvalue weighted by Gasteiger charge is -2.28. The number of rotatable bonds is 4. The van der Waals surface area contributed by atoms with Gasteiger partial charge in [0.2, 0.25) is 0 Å². The molecule has 2 aromatic heterocycles. The number of carbonyl (C=O) groups excluding carboxylic acids is 1. The maximum absolute atomic E-state index is 13.4. The number of aliphatic carboxylic acids is 1. The monoisotopic (exact) mass is 378 g/mol. The van der Waals surface area contributed by atoms with E-state index in [1.165, 1.54) is 0 Å². The van der Waals surface area contributed by atoms with Crippen molar-refractivity contribution in [3.63, 3.8) is 0 Å². The van der Waals surface area contributed by atoms with Gasteiger partial charge in [-0.2, -0.15) is 0 Å². The summed E-state index contributed by atoms with van der Waals surface area (Å²) in [6.07, 6.45) is 2.03. The predicted molar refractivity (Wildman–Crippen MR) is 105 cm³/mol. The molecule has 1 atom stereocenters. The number of carbonyl (C=O) groups is 2. The molecule has 1 aromatic carbocycles. The summed E-state index contributed by atoms with van der Waals surface area (Å²) in [6, 6.07) is 12.8. The first-order valence-electron chi connectivity index (χ1n) is 9.39. The van der Waals surface area contributed by atoms with Crippen LogP contribution in [-0.4, -0.2) is 40.0 Å². The molecule has 4 rings (SSSR count). The van der Waals surface area contributed by atoms with E-state index in [0.29, 0.717) is 35.5 Å². The molecule has 1 aliphatic heterocycles. The van der Waals surface area contributed by atoms with Gasteiger partial charge in [-0.05, 0) is 36.6 Å². The van der Waals surface area contributed by atoms with Crippen LogP contribution in [0.3, 0.4) is 0 Å². The molecule has 0 saturated carbocycles. The Morgan fingerprint density at radius 3 is 2.64 bits per heavy atom. The number of furan rings is 1. The fourth-order valence-electron chi connectivity index (χ4n) is 3.97. The first-order valence-corrected chi connectivity index (χ1v) is 9.39. The molecule has 0 bridgehead atoms. The highest BCUT2D eigenvalue weighted by Gasteiger charge is 2.48. The third kappa shape index (κ3) is 2.85. The molecule has 28 heavy (non-hydrogen) atoms. The molecular formula is C22H22N2O4. The first kappa shape index (κ1) is 18.2. The SMILES string of the molecule is CC(C)C1(C(=O)O)CCN(C(=O)c2cc(-c3ccco3)nc3ccccc23)C1. The molecule has 0 radical (unpaired) electrons. The fraction of sp³-hybridized carbons (Fsp3) is 0.318. The number of hydrogen-bond acceptors (Lipinski definition) is 4. The summed E-state index contributed by atoms with van der Waals surface area (Å²) in [5.74, 6) is -0.484. The number of carboxylic acid groups (broad SMARTS) is 1. The maximum Gasteiger partial charge on any atom is 0.311 e. The number of hydrogen-bond donors (Lipinski definition) is 1. The van der Waals surface area contributed by atoms with Gasteiger partial charge in [-0.1, -0.05) is 32.0 Å². The van der Waals surface area contributed by atoms with Gasteiger partial charge >= 0.3 is 5.97 Å². The van der Waals surface area contributed by atoms with E-state index >= 15 is 0 Å². The van der Waals surface area contributed by atoms with Crippen LogP contribution in [0, 0.1) is 11.3 Å². The minimum absolute atomic E-state index is 0.0596. The minimum Gasteiger partial charge on any atom is -0.481 e. The standard InChI is InChI=1S/C22H22N2O4/c1-14(2)22(21(26)27)9-10-24(13-22)20(25)16-12-18(19-8-5-11-28-19)23-17-7-4-3-6-15(16)17/h3-8,11-12,14H,9-10,13H2,1-2H3,(H,26,27). The number of carboxylic acids is 1. The Balaban J connectivity index is 1.77. The molecule has 1 saturated heterocycles. The average molecular weight is 378 g/mol. The highest BCUT2D eigenvalue weighted by Crippen LogP contribution is 2.39. The Morgan fingerprint density at radius 2 is 2.00 bits per heavy atom. The molecule has 1 amide bonds. The molecule has 0 spiro atoms. The Labute approximate surface area is 162 Å². The summed E-state index contributed by atoms with van der Waals surface area (Å²) in [5, 5.41) is 10.5. The number of likely N-dealkylation sites (tertiary alicyclic amines) is 1. The zero-order chi connectivity index (χ0) is 19.9. The van der Waals surface area contributed by atoms with E-state index in [9.17, 15) is 14.7 Å². The van der Waals surface area contributed by atoms with E-state index in [2.05, 4.69) is 4.98 Å². The van der Waals surface area contributed by atoms with Crippen molar-refractivity contribution in [1.82, 2.24) is 9.88 Å². The summed E-state index contributed by atoms with van der Waals surface area (Å²) in [5.41, 5.74) is 0.899. The van der Waals surface area contributed by atoms with Crippen LogP contribution >= 0.6 is 0 Å². The molecule has 6 heteroatoms. The molecule has 0 aliphatic carbocycles. The van der Waals surface area contributed by atoms with Gasteiger partial charge in [0, 0.05) is 18.5 Å². The molecule has 3 heterocycles. The fourth-order valence-corrected chi connectivity index (χ4v) is 3.97. The molecule has 1 N–H and O–H groups in total. The molecule has 3 aromatic rings. The van der Waals surface area contributed by atoms with Crippen LogP contribution in [0.25, 0.3) is 22.4 Å². The highest BCUT2D eigenvalue weighted by atomic mass is 16.4. The highest BCUT2D eigenvalue weighted by molar-refractivity contribution is 6.07. The number of aromatic nitrogens is 1. The molecule has 1 unspecified atom stereocenters. The van der Waals surface area contributed by atoms with Gasteiger partial charge in [0.1, 0.15) is 5.69 Å². The van der Waals surface area contributed by atoms with E-state index in [1.54, 1.807) is 29.4 Å². The van der Waals surface area contributed by atoms with E-state index in [1.807, 2.05) is 38.1 Å². The average Bonchev–Trinajstić information content (AvgIpc) is 3.37. The van der Waals surface area contributed by atoms with Crippen LogP contribution in [-0.2, 0) is 4.79 Å². The zero-order valence-electron chi connectivity index (χ0n) is 15.9. The van der Waals surface area contributed by atoms with E-state index in [0.717, 1.165) is 5.39 Å². The number of para-hydroxylation sites is 1. The normalized spacial score (nSPS) is 19.5. The van der Waals surface area contributed by atoms with Gasteiger partial charge in [-0.25, -0.2) is 4.98 Å². The third-order valence-corrected chi connectivity index (χ3v) is 5.84. The number of fused-ring (bicyclic) bond motifs is 1. The van der Waals surface area contributed by atoms with E-state index < -0.39 is 11.4 Å². The van der Waals surface area contributed by atoms with Crippen LogP contribution in [0.2, 0.25) is 0 Å². The summed E-state index contributed by atoms with van der Waals surface area (Å²) in [6.45, 7) is 4.44. The van der Waals surface area contributed by atoms with Crippen molar-refractivity contribution in [2.45, 2.75) is 20.3 Å². The summed E-state index contributed by atoms with van der Waals surface area (Å²) >= 11 is 0. The minimum atomic E-state index is -0.900. The van der Waals surface area contributed by atoms with Gasteiger partial charge in [-0.3, -0.25) is 9.59 Å². The Morgan fingerprint density at radius 1 is 1.21 bits per heavy atom. The number of pyridine rings is 1. The lowest BCUT2D eigenvalue weighted by molar-refractivity contribution is -0.150. The topological polar surface area (TPSA) is 83.6 Å². The molecule has 1 fully saturated rings. The van der Waals surface area contributed by atoms with Gasteiger partial charge in [0.15, 0.2) is 5.76 Å². The maximum atomic E-state index is 13.4. The number of amides is 1. The zero-order valence-corrected chi connectivity index (χ0v) is 15.9. The van der Waals surface area contributed by atoms with Gasteiger partial charge in [-0.15, -0.1) is 0 Å². The number of nitrogens with zero attached hydrogens (tertiary/aromatic N) is 2. The summed E-state index contributed by atoms with van der Waals surface area (Å²) < 4.78 is 5.46. The van der Waals surface area contributed by atoms with Crippen molar-refractivity contribution < 1.29 is 19.1 Å². The summed E-state index contributed by atoms with van der Waals surface area (Å²) in [4.78, 5) is 31.6. The Hall–Kier alpha value is -3.15. The largest absolute Gasteiger partial charge is 0.481 e. The van der Waals surface area contributed by atoms with Crippen molar-refractivity contribution in [1.29, 1.82) is 0 Å². The van der Waals surface area contributed by atoms with Gasteiger partial charge in [0.25, 0.3) is 5.91 Å². The number of benzene rings is 1. The van der Waals surface area contributed by atoms with Crippen LogP contribution < -0.4 is 0 Å². The molecule has 6 nitrogen and oxygen atoms in total. The third-order valence-electron chi connectivity index (χ3n) is 5.84. The van der Waals surface area contributed by atoms with Crippen LogP contribution in [0.1, 0.15) is 30.6 Å². The van der Waals surface area contributed by atoms with Crippen molar-refractivity contribution >= 4 is 22.8 Å².